The minimum Gasteiger partial charge on any atom is -0.355 e. The third-order valence-corrected chi connectivity index (χ3v) is 6.46. The Morgan fingerprint density at radius 2 is 1.94 bits per heavy atom. The van der Waals surface area contributed by atoms with Gasteiger partial charge in [-0.1, -0.05) is 69.7 Å². The van der Waals surface area contributed by atoms with Crippen LogP contribution in [0.4, 0.5) is 10.5 Å². The van der Waals surface area contributed by atoms with Crippen LogP contribution in [0.1, 0.15) is 77.3 Å². The van der Waals surface area contributed by atoms with E-state index in [-0.39, 0.29) is 6.03 Å². The smallest absolute Gasteiger partial charge is 0.319 e. The average molecular weight is 442 g/mol. The number of fused-ring (bicyclic) bond motifs is 1. The summed E-state index contributed by atoms with van der Waals surface area (Å²) in [6.45, 7) is 13.4. The van der Waals surface area contributed by atoms with Crippen LogP contribution in [0.25, 0.3) is 0 Å². The van der Waals surface area contributed by atoms with Crippen LogP contribution in [-0.2, 0) is 12.8 Å². The Hall–Kier alpha value is -2.14. The lowest BCUT2D eigenvalue weighted by Gasteiger charge is -2.20. The van der Waals surface area contributed by atoms with Crippen molar-refractivity contribution < 1.29 is 4.79 Å². The van der Waals surface area contributed by atoms with Crippen molar-refractivity contribution in [3.05, 3.63) is 63.2 Å². The number of carbonyl (C=O) groups is 1. The second-order valence-corrected chi connectivity index (χ2v) is 9.21. The molecule has 170 valence electrons. The summed E-state index contributed by atoms with van der Waals surface area (Å²) in [5.41, 5.74) is 6.45. The van der Waals surface area contributed by atoms with E-state index in [1.165, 1.54) is 41.3 Å². The summed E-state index contributed by atoms with van der Waals surface area (Å²) < 4.78 is 0. The van der Waals surface area contributed by atoms with Crippen molar-refractivity contribution >= 4 is 23.5 Å². The Labute approximate surface area is 193 Å². The number of benzene rings is 1. The first kappa shape index (κ1) is 25.1. The molecule has 1 aromatic carbocycles. The number of rotatable bonds is 12. The first-order valence-electron chi connectivity index (χ1n) is 11.7. The summed E-state index contributed by atoms with van der Waals surface area (Å²) in [7, 11) is 0. The number of urea groups is 1. The second kappa shape index (κ2) is 13.3. The highest BCUT2D eigenvalue weighted by Crippen LogP contribution is 2.35. The highest BCUT2D eigenvalue weighted by molar-refractivity contribution is 8.06. The lowest BCUT2D eigenvalue weighted by atomic mass is 10.1. The van der Waals surface area contributed by atoms with Gasteiger partial charge in [0, 0.05) is 22.8 Å². The number of aryl methyl sites for hydroxylation is 2. The van der Waals surface area contributed by atoms with Crippen molar-refractivity contribution in [3.8, 4) is 0 Å². The summed E-state index contributed by atoms with van der Waals surface area (Å²) in [5.74, 6) is 0. The summed E-state index contributed by atoms with van der Waals surface area (Å²) >= 11 is 1.54. The Bertz CT molecular complexity index is 826. The van der Waals surface area contributed by atoms with E-state index in [4.69, 9.17) is 0 Å². The number of nitrogens with one attached hydrogen (secondary N) is 3. The van der Waals surface area contributed by atoms with Gasteiger partial charge in [0.1, 0.15) is 0 Å². The molecule has 0 saturated heterocycles. The molecule has 1 aromatic rings. The zero-order valence-electron chi connectivity index (χ0n) is 19.7. The molecular formula is C26H39N3OS. The van der Waals surface area contributed by atoms with Gasteiger partial charge in [0.15, 0.2) is 0 Å². The molecule has 1 aliphatic rings. The third kappa shape index (κ3) is 8.13. The van der Waals surface area contributed by atoms with Gasteiger partial charge in [-0.15, -0.1) is 0 Å². The molecule has 0 fully saturated rings. The molecule has 5 heteroatoms. The molecule has 2 amide bonds. The minimum atomic E-state index is -0.189. The van der Waals surface area contributed by atoms with Gasteiger partial charge in [-0.2, -0.15) is 0 Å². The highest BCUT2D eigenvalue weighted by Gasteiger charge is 2.15. The number of amides is 2. The van der Waals surface area contributed by atoms with Crippen molar-refractivity contribution in [1.82, 2.24) is 10.6 Å². The molecule has 0 aliphatic heterocycles. The van der Waals surface area contributed by atoms with E-state index < -0.39 is 0 Å². The quantitative estimate of drug-likeness (QED) is 0.236. The van der Waals surface area contributed by atoms with Crippen molar-refractivity contribution in [2.45, 2.75) is 79.1 Å². The van der Waals surface area contributed by atoms with Gasteiger partial charge in [0.25, 0.3) is 0 Å². The fourth-order valence-corrected chi connectivity index (χ4v) is 4.68. The van der Waals surface area contributed by atoms with Gasteiger partial charge < -0.3 is 16.0 Å². The zero-order chi connectivity index (χ0) is 22.6. The highest BCUT2D eigenvalue weighted by atomic mass is 32.2. The summed E-state index contributed by atoms with van der Waals surface area (Å²) in [6.07, 6.45) is 10.9. The number of unbranched alkanes of at least 4 members (excludes halogenated alkanes) is 1. The van der Waals surface area contributed by atoms with Gasteiger partial charge >= 0.3 is 6.03 Å². The monoisotopic (exact) mass is 441 g/mol. The minimum absolute atomic E-state index is 0.189. The predicted molar refractivity (Wildman–Crippen MR) is 136 cm³/mol. The van der Waals surface area contributed by atoms with E-state index in [2.05, 4.69) is 74.5 Å². The molecule has 0 atom stereocenters. The van der Waals surface area contributed by atoms with E-state index in [9.17, 15) is 4.79 Å². The molecule has 1 aliphatic carbocycles. The van der Waals surface area contributed by atoms with Crippen molar-refractivity contribution in [3.63, 3.8) is 0 Å². The first-order chi connectivity index (χ1) is 15.0. The van der Waals surface area contributed by atoms with Gasteiger partial charge in [-0.25, -0.2) is 4.79 Å². The normalized spacial score (nSPS) is 14.0. The van der Waals surface area contributed by atoms with Crippen LogP contribution in [0, 0.1) is 0 Å². The van der Waals surface area contributed by atoms with E-state index in [0.29, 0.717) is 11.6 Å². The van der Waals surface area contributed by atoms with E-state index in [1.54, 1.807) is 0 Å². The van der Waals surface area contributed by atoms with Crippen LogP contribution in [0.2, 0.25) is 0 Å². The lowest BCUT2D eigenvalue weighted by molar-refractivity contribution is 0.244. The van der Waals surface area contributed by atoms with Crippen LogP contribution in [0.15, 0.2) is 52.1 Å². The Kier molecular flexibility index (Phi) is 10.8. The van der Waals surface area contributed by atoms with Crippen LogP contribution in [0.5, 0.6) is 0 Å². The lowest BCUT2D eigenvalue weighted by Crippen LogP contribution is -2.34. The van der Waals surface area contributed by atoms with Crippen molar-refractivity contribution in [2.24, 2.45) is 0 Å². The fraction of sp³-hybridized carbons (Fsp3) is 0.500. The van der Waals surface area contributed by atoms with Gasteiger partial charge in [0.05, 0.1) is 5.03 Å². The topological polar surface area (TPSA) is 53.2 Å². The molecular weight excluding hydrogens is 402 g/mol. The number of allylic oxidation sites excluding steroid dienone is 2. The maximum atomic E-state index is 12.2. The second-order valence-electron chi connectivity index (χ2n) is 8.11. The summed E-state index contributed by atoms with van der Waals surface area (Å²) in [4.78, 5) is 13.3. The maximum Gasteiger partial charge on any atom is 0.319 e. The Morgan fingerprint density at radius 3 is 2.65 bits per heavy atom. The number of carbonyl (C=O) groups excluding carboxylic acids is 1. The molecule has 0 saturated carbocycles. The van der Waals surface area contributed by atoms with Crippen LogP contribution in [-0.4, -0.2) is 12.6 Å². The summed E-state index contributed by atoms with van der Waals surface area (Å²) in [5, 5.41) is 10.1. The molecule has 0 unspecified atom stereocenters. The Morgan fingerprint density at radius 1 is 1.16 bits per heavy atom. The number of hydrogen-bond acceptors (Lipinski definition) is 3. The number of hydrogen-bond donors (Lipinski definition) is 3. The predicted octanol–water partition coefficient (Wildman–Crippen LogP) is 7.26. The molecule has 0 aromatic heterocycles. The molecule has 0 spiro atoms. The van der Waals surface area contributed by atoms with E-state index >= 15 is 0 Å². The van der Waals surface area contributed by atoms with Crippen LogP contribution < -0.4 is 16.0 Å². The molecule has 0 bridgehead atoms. The molecule has 2 rings (SSSR count). The average Bonchev–Trinajstić information content (AvgIpc) is 3.20. The van der Waals surface area contributed by atoms with Gasteiger partial charge in [-0.05, 0) is 68.7 Å². The molecule has 4 nitrogen and oxygen atoms in total. The third-order valence-electron chi connectivity index (χ3n) is 5.34. The molecule has 0 radical (unpaired) electrons. The van der Waals surface area contributed by atoms with E-state index in [0.717, 1.165) is 54.8 Å². The first-order valence-corrected chi connectivity index (χ1v) is 12.5. The van der Waals surface area contributed by atoms with E-state index in [1.807, 2.05) is 0 Å². The van der Waals surface area contributed by atoms with Gasteiger partial charge in [0.2, 0.25) is 0 Å². The molecule has 3 N–H and O–H groups in total. The molecule has 31 heavy (non-hydrogen) atoms. The molecule has 0 heterocycles. The van der Waals surface area contributed by atoms with Crippen LogP contribution in [0.3, 0.4) is 0 Å². The standard InChI is InChI=1S/C26H39N3OS/c1-6-9-17-27-26(30)28-20(5)31-25(19(4)11-7-2)24(12-8-3)29-23-16-15-21-13-10-14-22(21)18-23/h12,15-16,18,29H,5-11,13-14,17H2,1-4H3,(H2,27,28,30)/b24-12+,25-19+. The van der Waals surface area contributed by atoms with Crippen molar-refractivity contribution in [1.29, 1.82) is 0 Å². The largest absolute Gasteiger partial charge is 0.355 e. The maximum absolute atomic E-state index is 12.2. The van der Waals surface area contributed by atoms with Gasteiger partial charge in [-0.3, -0.25) is 0 Å². The Balaban J connectivity index is 2.17. The number of thioether (sulfide) groups is 1. The summed E-state index contributed by atoms with van der Waals surface area (Å²) in [6, 6.07) is 6.54. The number of anilines is 1. The van der Waals surface area contributed by atoms with Crippen molar-refractivity contribution in [2.75, 3.05) is 11.9 Å². The SMILES string of the molecule is C=C(NC(=O)NCCCC)SC(/C(=C\CC)Nc1ccc2c(c1)CCC2)=C(\C)CCC. The fourth-order valence-electron chi connectivity index (χ4n) is 3.77. The zero-order valence-corrected chi connectivity index (χ0v) is 20.5. The van der Waals surface area contributed by atoms with Crippen LogP contribution >= 0.6 is 11.8 Å².